The Balaban J connectivity index is 2.04. The number of aromatic nitrogens is 1. The summed E-state index contributed by atoms with van der Waals surface area (Å²) in [6.45, 7) is 1.49. The molecule has 0 radical (unpaired) electrons. The maximum atomic E-state index is 11.1. The summed E-state index contributed by atoms with van der Waals surface area (Å²) in [6, 6.07) is 5.40. The third kappa shape index (κ3) is 2.58. The lowest BCUT2D eigenvalue weighted by atomic mass is 10.0. The fourth-order valence-corrected chi connectivity index (χ4v) is 2.16. The van der Waals surface area contributed by atoms with E-state index in [1.165, 1.54) is 0 Å². The van der Waals surface area contributed by atoms with Crippen LogP contribution < -0.4 is 0 Å². The van der Waals surface area contributed by atoms with Gasteiger partial charge in [0.15, 0.2) is 0 Å². The van der Waals surface area contributed by atoms with Gasteiger partial charge in [-0.05, 0) is 31.5 Å². The van der Waals surface area contributed by atoms with Crippen molar-refractivity contribution in [3.63, 3.8) is 0 Å². The summed E-state index contributed by atoms with van der Waals surface area (Å²) >= 11 is 0. The van der Waals surface area contributed by atoms with Gasteiger partial charge in [0.05, 0.1) is 5.69 Å². The topological polar surface area (TPSA) is 53.4 Å². The van der Waals surface area contributed by atoms with Crippen molar-refractivity contribution in [2.75, 3.05) is 6.54 Å². The molecule has 0 bridgehead atoms. The molecule has 1 aromatic rings. The molecule has 1 atom stereocenters. The van der Waals surface area contributed by atoms with Crippen molar-refractivity contribution in [2.24, 2.45) is 0 Å². The standard InChI is InChI=1S/C12H16N2O2/c15-12(16)11-6-2-4-8-14(11)9-10-5-1-3-7-13-10/h1,3,5,7,11H,2,4,6,8-9H2,(H,15,16). The van der Waals surface area contributed by atoms with E-state index in [0.717, 1.165) is 31.5 Å². The molecule has 2 heterocycles. The molecule has 1 aliphatic rings. The summed E-state index contributed by atoms with van der Waals surface area (Å²) in [5, 5.41) is 9.12. The Bertz CT molecular complexity index is 353. The quantitative estimate of drug-likeness (QED) is 0.839. The van der Waals surface area contributed by atoms with Gasteiger partial charge in [-0.2, -0.15) is 0 Å². The molecule has 1 saturated heterocycles. The molecule has 1 unspecified atom stereocenters. The summed E-state index contributed by atoms with van der Waals surface area (Å²) < 4.78 is 0. The molecule has 1 N–H and O–H groups in total. The second-order valence-electron chi connectivity index (χ2n) is 4.14. The molecule has 0 aliphatic carbocycles. The molecule has 1 fully saturated rings. The maximum absolute atomic E-state index is 11.1. The van der Waals surface area contributed by atoms with Crippen molar-refractivity contribution in [2.45, 2.75) is 31.8 Å². The van der Waals surface area contributed by atoms with Crippen molar-refractivity contribution in [3.05, 3.63) is 30.1 Å². The number of hydrogen-bond donors (Lipinski definition) is 1. The van der Waals surface area contributed by atoms with Crippen molar-refractivity contribution >= 4 is 5.97 Å². The van der Waals surface area contributed by atoms with Crippen LogP contribution in [-0.4, -0.2) is 33.5 Å². The molecular weight excluding hydrogens is 204 g/mol. The highest BCUT2D eigenvalue weighted by molar-refractivity contribution is 5.73. The molecule has 4 heteroatoms. The molecular formula is C12H16N2O2. The average molecular weight is 220 g/mol. The Morgan fingerprint density at radius 3 is 3.06 bits per heavy atom. The largest absolute Gasteiger partial charge is 0.480 e. The fourth-order valence-electron chi connectivity index (χ4n) is 2.16. The first-order valence-corrected chi connectivity index (χ1v) is 5.64. The first-order chi connectivity index (χ1) is 7.77. The van der Waals surface area contributed by atoms with Gasteiger partial charge in [-0.1, -0.05) is 12.5 Å². The van der Waals surface area contributed by atoms with Gasteiger partial charge in [0, 0.05) is 12.7 Å². The Morgan fingerprint density at radius 1 is 1.50 bits per heavy atom. The molecule has 2 rings (SSSR count). The number of carboxylic acid groups (broad SMARTS) is 1. The highest BCUT2D eigenvalue weighted by Gasteiger charge is 2.28. The van der Waals surface area contributed by atoms with Gasteiger partial charge in [-0.3, -0.25) is 14.7 Å². The van der Waals surface area contributed by atoms with Crippen molar-refractivity contribution < 1.29 is 9.90 Å². The zero-order valence-corrected chi connectivity index (χ0v) is 9.17. The zero-order valence-electron chi connectivity index (χ0n) is 9.17. The lowest BCUT2D eigenvalue weighted by Gasteiger charge is -2.32. The molecule has 4 nitrogen and oxygen atoms in total. The van der Waals surface area contributed by atoms with E-state index >= 15 is 0 Å². The molecule has 0 spiro atoms. The van der Waals surface area contributed by atoms with E-state index < -0.39 is 5.97 Å². The van der Waals surface area contributed by atoms with E-state index in [1.807, 2.05) is 23.1 Å². The Morgan fingerprint density at radius 2 is 2.38 bits per heavy atom. The predicted molar refractivity (Wildman–Crippen MR) is 59.9 cm³/mol. The highest BCUT2D eigenvalue weighted by Crippen LogP contribution is 2.19. The van der Waals surface area contributed by atoms with E-state index in [2.05, 4.69) is 4.98 Å². The minimum absolute atomic E-state index is 0.337. The first-order valence-electron chi connectivity index (χ1n) is 5.64. The number of hydrogen-bond acceptors (Lipinski definition) is 3. The van der Waals surface area contributed by atoms with Crippen LogP contribution in [0.4, 0.5) is 0 Å². The molecule has 16 heavy (non-hydrogen) atoms. The van der Waals surface area contributed by atoms with Crippen molar-refractivity contribution in [1.29, 1.82) is 0 Å². The van der Waals surface area contributed by atoms with Gasteiger partial charge in [-0.25, -0.2) is 0 Å². The maximum Gasteiger partial charge on any atom is 0.320 e. The third-order valence-corrected chi connectivity index (χ3v) is 2.99. The van der Waals surface area contributed by atoms with Crippen LogP contribution in [0.15, 0.2) is 24.4 Å². The van der Waals surface area contributed by atoms with Crippen molar-refractivity contribution in [3.8, 4) is 0 Å². The molecule has 0 aromatic carbocycles. The summed E-state index contributed by atoms with van der Waals surface area (Å²) in [5.41, 5.74) is 0.940. The number of rotatable bonds is 3. The van der Waals surface area contributed by atoms with Gasteiger partial charge in [0.1, 0.15) is 6.04 Å². The normalized spacial score (nSPS) is 21.9. The van der Waals surface area contributed by atoms with E-state index in [1.54, 1.807) is 6.20 Å². The van der Waals surface area contributed by atoms with Gasteiger partial charge >= 0.3 is 5.97 Å². The summed E-state index contributed by atoms with van der Waals surface area (Å²) in [6.07, 6.45) is 4.59. The first kappa shape index (κ1) is 11.1. The van der Waals surface area contributed by atoms with Crippen LogP contribution in [0.25, 0.3) is 0 Å². The molecule has 0 amide bonds. The zero-order chi connectivity index (χ0) is 11.4. The number of pyridine rings is 1. The van der Waals surface area contributed by atoms with Crippen LogP contribution in [0.3, 0.4) is 0 Å². The predicted octanol–water partition coefficient (Wildman–Crippen LogP) is 1.52. The smallest absolute Gasteiger partial charge is 0.320 e. The fraction of sp³-hybridized carbons (Fsp3) is 0.500. The Kier molecular flexibility index (Phi) is 3.51. The van der Waals surface area contributed by atoms with Gasteiger partial charge in [-0.15, -0.1) is 0 Å². The molecule has 0 saturated carbocycles. The number of nitrogens with zero attached hydrogens (tertiary/aromatic N) is 2. The van der Waals surface area contributed by atoms with E-state index in [9.17, 15) is 4.79 Å². The second kappa shape index (κ2) is 5.07. The van der Waals surface area contributed by atoms with Crippen LogP contribution in [0.2, 0.25) is 0 Å². The van der Waals surface area contributed by atoms with Gasteiger partial charge in [0.2, 0.25) is 0 Å². The number of likely N-dealkylation sites (tertiary alicyclic amines) is 1. The van der Waals surface area contributed by atoms with Gasteiger partial charge in [0.25, 0.3) is 0 Å². The number of aliphatic carboxylic acids is 1. The van der Waals surface area contributed by atoms with E-state index in [4.69, 9.17) is 5.11 Å². The lowest BCUT2D eigenvalue weighted by molar-refractivity contribution is -0.144. The Hall–Kier alpha value is -1.42. The van der Waals surface area contributed by atoms with Crippen LogP contribution in [0, 0.1) is 0 Å². The number of carboxylic acids is 1. The van der Waals surface area contributed by atoms with Crippen LogP contribution in [-0.2, 0) is 11.3 Å². The number of piperidine rings is 1. The lowest BCUT2D eigenvalue weighted by Crippen LogP contribution is -2.44. The van der Waals surface area contributed by atoms with Gasteiger partial charge < -0.3 is 5.11 Å². The SMILES string of the molecule is O=C(O)C1CCCCN1Cc1ccccn1. The third-order valence-electron chi connectivity index (χ3n) is 2.99. The van der Waals surface area contributed by atoms with Crippen LogP contribution in [0.5, 0.6) is 0 Å². The van der Waals surface area contributed by atoms with Crippen molar-refractivity contribution in [1.82, 2.24) is 9.88 Å². The summed E-state index contributed by atoms with van der Waals surface area (Å²) in [7, 11) is 0. The van der Waals surface area contributed by atoms with E-state index in [0.29, 0.717) is 6.54 Å². The van der Waals surface area contributed by atoms with Crippen LogP contribution >= 0.6 is 0 Å². The molecule has 86 valence electrons. The average Bonchev–Trinajstić information content (AvgIpc) is 2.31. The number of carbonyl (C=O) groups is 1. The second-order valence-corrected chi connectivity index (χ2v) is 4.14. The summed E-state index contributed by atoms with van der Waals surface area (Å²) in [5.74, 6) is -0.712. The minimum atomic E-state index is -0.712. The minimum Gasteiger partial charge on any atom is -0.480 e. The molecule has 1 aromatic heterocycles. The highest BCUT2D eigenvalue weighted by atomic mass is 16.4. The molecule has 1 aliphatic heterocycles. The monoisotopic (exact) mass is 220 g/mol. The Labute approximate surface area is 94.9 Å². The summed E-state index contributed by atoms with van der Waals surface area (Å²) in [4.78, 5) is 17.3. The van der Waals surface area contributed by atoms with E-state index in [-0.39, 0.29) is 6.04 Å². The van der Waals surface area contributed by atoms with Crippen LogP contribution in [0.1, 0.15) is 25.0 Å².